The van der Waals surface area contributed by atoms with Crippen molar-refractivity contribution < 1.29 is 14.3 Å². The fraction of sp³-hybridized carbons (Fsp3) is 0.211. The molecule has 0 unspecified atom stereocenters. The molecule has 2 aliphatic rings. The van der Waals surface area contributed by atoms with Crippen molar-refractivity contribution in [1.82, 2.24) is 0 Å². The van der Waals surface area contributed by atoms with Crippen molar-refractivity contribution in [2.75, 3.05) is 12.4 Å². The molecule has 0 saturated carbocycles. The number of hydrogen-bond acceptors (Lipinski definition) is 3. The van der Waals surface area contributed by atoms with Gasteiger partial charge in [-0.1, -0.05) is 24.8 Å². The molecule has 116 valence electrons. The molecule has 0 spiro atoms. The van der Waals surface area contributed by atoms with E-state index in [1.165, 1.54) is 0 Å². The number of benzene rings is 2. The molecule has 0 fully saturated rings. The van der Waals surface area contributed by atoms with Crippen LogP contribution in [0.15, 0.2) is 49.0 Å². The minimum absolute atomic E-state index is 0.0605. The normalized spacial score (nSPS) is 24.7. The highest BCUT2D eigenvalue weighted by Crippen LogP contribution is 2.53. The van der Waals surface area contributed by atoms with Crippen LogP contribution in [0.25, 0.3) is 5.57 Å². The zero-order chi connectivity index (χ0) is 16.2. The zero-order valence-electron chi connectivity index (χ0n) is 13.1. The number of fused-ring (bicyclic) bond motifs is 2. The highest BCUT2D eigenvalue weighted by Gasteiger charge is 2.52. The van der Waals surface area contributed by atoms with Crippen LogP contribution in [0.4, 0.5) is 5.69 Å². The number of methoxy groups -OCH3 is 1. The average molecular weight is 307 g/mol. The monoisotopic (exact) mass is 307 g/mol. The molecule has 0 radical (unpaired) electrons. The molecule has 0 aromatic heterocycles. The van der Waals surface area contributed by atoms with E-state index in [1.807, 2.05) is 49.4 Å². The quantitative estimate of drug-likeness (QED) is 0.922. The lowest BCUT2D eigenvalue weighted by atomic mass is 9.78. The maximum Gasteiger partial charge on any atom is 0.236 e. The topological polar surface area (TPSA) is 47.6 Å². The van der Waals surface area contributed by atoms with Gasteiger partial charge in [0.2, 0.25) is 5.91 Å². The van der Waals surface area contributed by atoms with E-state index in [0.29, 0.717) is 0 Å². The van der Waals surface area contributed by atoms with Gasteiger partial charge in [-0.15, -0.1) is 0 Å². The Kier molecular flexibility index (Phi) is 2.79. The number of nitrogens with one attached hydrogen (secondary N) is 1. The third-order valence-electron chi connectivity index (χ3n) is 4.78. The Morgan fingerprint density at radius 3 is 2.83 bits per heavy atom. The highest BCUT2D eigenvalue weighted by molar-refractivity contribution is 6.06. The minimum atomic E-state index is -0.814. The Morgan fingerprint density at radius 2 is 2.04 bits per heavy atom. The molecule has 2 aliphatic heterocycles. The molecule has 1 N–H and O–H groups in total. The molecule has 23 heavy (non-hydrogen) atoms. The number of carbonyl (C=O) groups excluding carboxylic acids is 1. The van der Waals surface area contributed by atoms with Crippen LogP contribution in [0, 0.1) is 0 Å². The van der Waals surface area contributed by atoms with E-state index >= 15 is 0 Å². The van der Waals surface area contributed by atoms with Crippen LogP contribution in [-0.2, 0) is 4.79 Å². The van der Waals surface area contributed by atoms with Crippen molar-refractivity contribution in [3.05, 3.63) is 60.2 Å². The van der Waals surface area contributed by atoms with Gasteiger partial charge in [-0.05, 0) is 36.8 Å². The van der Waals surface area contributed by atoms with Crippen molar-refractivity contribution in [3.63, 3.8) is 0 Å². The molecule has 0 saturated heterocycles. The summed E-state index contributed by atoms with van der Waals surface area (Å²) >= 11 is 0. The summed E-state index contributed by atoms with van der Waals surface area (Å²) in [6.07, 6.45) is 0. The smallest absolute Gasteiger partial charge is 0.236 e. The Labute approximate surface area is 134 Å². The minimum Gasteiger partial charge on any atom is -0.497 e. The lowest BCUT2D eigenvalue weighted by Gasteiger charge is -2.30. The Bertz CT molecular complexity index is 842. The summed E-state index contributed by atoms with van der Waals surface area (Å²) in [4.78, 5) is 12.6. The van der Waals surface area contributed by atoms with Gasteiger partial charge in [0, 0.05) is 16.8 Å². The molecule has 2 aromatic carbocycles. The van der Waals surface area contributed by atoms with Crippen LogP contribution >= 0.6 is 0 Å². The fourth-order valence-electron chi connectivity index (χ4n) is 3.51. The van der Waals surface area contributed by atoms with Crippen LogP contribution < -0.4 is 14.8 Å². The number of para-hydroxylation sites is 1. The summed E-state index contributed by atoms with van der Waals surface area (Å²) in [6.45, 7) is 6.14. The van der Waals surface area contributed by atoms with Crippen LogP contribution in [0.3, 0.4) is 0 Å². The summed E-state index contributed by atoms with van der Waals surface area (Å²) in [7, 11) is 1.63. The van der Waals surface area contributed by atoms with E-state index in [-0.39, 0.29) is 5.91 Å². The summed E-state index contributed by atoms with van der Waals surface area (Å²) in [5, 5.41) is 2.93. The van der Waals surface area contributed by atoms with E-state index in [9.17, 15) is 4.79 Å². The first-order valence-electron chi connectivity index (χ1n) is 7.51. The van der Waals surface area contributed by atoms with E-state index in [1.54, 1.807) is 7.11 Å². The number of anilines is 1. The molecule has 2 aromatic rings. The molecule has 2 atom stereocenters. The van der Waals surface area contributed by atoms with Gasteiger partial charge in [-0.2, -0.15) is 0 Å². The molecule has 4 rings (SSSR count). The predicted octanol–water partition coefficient (Wildman–Crippen LogP) is 3.60. The molecular weight excluding hydrogens is 290 g/mol. The first kappa shape index (κ1) is 13.9. The molecule has 0 aliphatic carbocycles. The van der Waals surface area contributed by atoms with Gasteiger partial charge >= 0.3 is 0 Å². The zero-order valence-corrected chi connectivity index (χ0v) is 13.1. The van der Waals surface area contributed by atoms with E-state index in [2.05, 4.69) is 11.9 Å². The fourth-order valence-corrected chi connectivity index (χ4v) is 3.51. The number of amides is 1. The van der Waals surface area contributed by atoms with Gasteiger partial charge in [0.25, 0.3) is 0 Å². The maximum atomic E-state index is 12.6. The first-order chi connectivity index (χ1) is 11.0. The summed E-state index contributed by atoms with van der Waals surface area (Å²) in [6, 6.07) is 13.3. The third kappa shape index (κ3) is 1.81. The number of carbonyl (C=O) groups is 1. The van der Waals surface area contributed by atoms with Crippen LogP contribution in [-0.4, -0.2) is 18.6 Å². The summed E-state index contributed by atoms with van der Waals surface area (Å²) in [5.41, 5.74) is 2.66. The van der Waals surface area contributed by atoms with Crippen LogP contribution in [0.1, 0.15) is 24.0 Å². The number of hydrogen-bond donors (Lipinski definition) is 1. The van der Waals surface area contributed by atoms with Crippen LogP contribution in [0.2, 0.25) is 0 Å². The molecular formula is C19H17NO3. The van der Waals surface area contributed by atoms with E-state index in [0.717, 1.165) is 33.9 Å². The van der Waals surface area contributed by atoms with Gasteiger partial charge in [0.05, 0.1) is 7.11 Å². The molecule has 0 bridgehead atoms. The second-order valence-electron chi connectivity index (χ2n) is 6.06. The van der Waals surface area contributed by atoms with Gasteiger partial charge in [-0.25, -0.2) is 0 Å². The Balaban J connectivity index is 1.81. The number of ether oxygens (including phenoxy) is 2. The number of rotatable bonds is 2. The molecule has 2 heterocycles. The van der Waals surface area contributed by atoms with Gasteiger partial charge in [0.1, 0.15) is 23.0 Å². The average Bonchev–Trinajstić information content (AvgIpc) is 3.02. The van der Waals surface area contributed by atoms with Gasteiger partial charge in [0.15, 0.2) is 0 Å². The van der Waals surface area contributed by atoms with Crippen molar-refractivity contribution in [1.29, 1.82) is 0 Å². The summed E-state index contributed by atoms with van der Waals surface area (Å²) in [5.74, 6) is 0.990. The lowest BCUT2D eigenvalue weighted by molar-refractivity contribution is -0.119. The second kappa shape index (κ2) is 4.62. The predicted molar refractivity (Wildman–Crippen MR) is 88.9 cm³/mol. The largest absolute Gasteiger partial charge is 0.497 e. The van der Waals surface area contributed by atoms with Crippen molar-refractivity contribution in [3.8, 4) is 11.5 Å². The molecule has 4 nitrogen and oxygen atoms in total. The van der Waals surface area contributed by atoms with E-state index < -0.39 is 11.5 Å². The summed E-state index contributed by atoms with van der Waals surface area (Å²) < 4.78 is 11.5. The molecule has 1 amide bonds. The van der Waals surface area contributed by atoms with Crippen molar-refractivity contribution in [2.24, 2.45) is 0 Å². The molecule has 4 heteroatoms. The highest BCUT2D eigenvalue weighted by atomic mass is 16.5. The van der Waals surface area contributed by atoms with Crippen molar-refractivity contribution >= 4 is 17.2 Å². The Hall–Kier alpha value is -2.75. The van der Waals surface area contributed by atoms with E-state index in [4.69, 9.17) is 9.47 Å². The van der Waals surface area contributed by atoms with Gasteiger partial charge < -0.3 is 14.8 Å². The Morgan fingerprint density at radius 1 is 1.26 bits per heavy atom. The third-order valence-corrected chi connectivity index (χ3v) is 4.78. The SMILES string of the molecule is C=C1c2cc(OC)ccc2O[C@]1(C)[C@H]1C(=O)Nc2ccccc21. The van der Waals surface area contributed by atoms with Gasteiger partial charge in [-0.3, -0.25) is 4.79 Å². The maximum absolute atomic E-state index is 12.6. The van der Waals surface area contributed by atoms with Crippen molar-refractivity contribution in [2.45, 2.75) is 18.4 Å². The lowest BCUT2D eigenvalue weighted by Crippen LogP contribution is -2.40. The van der Waals surface area contributed by atoms with Crippen LogP contribution in [0.5, 0.6) is 11.5 Å². The standard InChI is InChI=1S/C19H17NO3/c1-11-14-10-12(22-3)8-9-16(14)23-19(11,2)17-13-6-4-5-7-15(13)20-18(17)21/h4-10,17H,1H2,2-3H3,(H,20,21)/t17-,19+/m1/s1. The first-order valence-corrected chi connectivity index (χ1v) is 7.51. The second-order valence-corrected chi connectivity index (χ2v) is 6.06.